The first-order valence-electron chi connectivity index (χ1n) is 7.92. The Hall–Kier alpha value is -2.91. The van der Waals surface area contributed by atoms with Crippen LogP contribution in [0, 0.1) is 0 Å². The molecule has 0 atom stereocenters. The summed E-state index contributed by atoms with van der Waals surface area (Å²) in [5.74, 6) is 0.495. The third-order valence-electron chi connectivity index (χ3n) is 3.66. The maximum Gasteiger partial charge on any atom is 0.252 e. The number of carbonyl (C=O) groups excluding carboxylic acids is 1. The van der Waals surface area contributed by atoms with Crippen molar-refractivity contribution in [2.45, 2.75) is 6.54 Å². The van der Waals surface area contributed by atoms with Crippen molar-refractivity contribution in [2.24, 2.45) is 0 Å². The lowest BCUT2D eigenvalue weighted by Gasteiger charge is -2.20. The number of amides is 1. The third-order valence-corrected chi connectivity index (χ3v) is 3.92. The molecule has 1 amide bonds. The molecule has 25 heavy (non-hydrogen) atoms. The Morgan fingerprint density at radius 2 is 1.68 bits per heavy atom. The van der Waals surface area contributed by atoms with Gasteiger partial charge >= 0.3 is 0 Å². The molecule has 0 saturated heterocycles. The SMILES string of the molecule is O=C(/C=C/c1ccc(Cl)cc1)N(Cc1ccccc1)c1ccccn1. The lowest BCUT2D eigenvalue weighted by Crippen LogP contribution is -2.29. The Morgan fingerprint density at radius 3 is 2.36 bits per heavy atom. The summed E-state index contributed by atoms with van der Waals surface area (Å²) in [5.41, 5.74) is 1.96. The van der Waals surface area contributed by atoms with E-state index in [-0.39, 0.29) is 5.91 Å². The fourth-order valence-electron chi connectivity index (χ4n) is 2.38. The van der Waals surface area contributed by atoms with Gasteiger partial charge in [-0.2, -0.15) is 0 Å². The number of hydrogen-bond acceptors (Lipinski definition) is 2. The lowest BCUT2D eigenvalue weighted by atomic mass is 10.2. The zero-order valence-electron chi connectivity index (χ0n) is 13.5. The summed E-state index contributed by atoms with van der Waals surface area (Å²) in [5, 5.41) is 0.669. The number of nitrogens with zero attached hydrogens (tertiary/aromatic N) is 2. The smallest absolute Gasteiger partial charge is 0.252 e. The second kappa shape index (κ2) is 8.27. The maximum absolute atomic E-state index is 12.8. The average Bonchev–Trinajstić information content (AvgIpc) is 2.67. The van der Waals surface area contributed by atoms with Crippen molar-refractivity contribution in [3.63, 3.8) is 0 Å². The summed E-state index contributed by atoms with van der Waals surface area (Å²) in [7, 11) is 0. The van der Waals surface area contributed by atoms with E-state index in [2.05, 4.69) is 4.98 Å². The fraction of sp³-hybridized carbons (Fsp3) is 0.0476. The normalized spacial score (nSPS) is 10.8. The number of anilines is 1. The van der Waals surface area contributed by atoms with Crippen molar-refractivity contribution in [2.75, 3.05) is 4.90 Å². The number of rotatable bonds is 5. The van der Waals surface area contributed by atoms with Crippen LogP contribution in [0.1, 0.15) is 11.1 Å². The van der Waals surface area contributed by atoms with Gasteiger partial charge in [0.2, 0.25) is 0 Å². The van der Waals surface area contributed by atoms with Crippen molar-refractivity contribution in [3.8, 4) is 0 Å². The second-order valence-electron chi connectivity index (χ2n) is 5.48. The minimum Gasteiger partial charge on any atom is -0.289 e. The van der Waals surface area contributed by atoms with Crippen molar-refractivity contribution in [1.82, 2.24) is 4.98 Å². The Balaban J connectivity index is 1.83. The summed E-state index contributed by atoms with van der Waals surface area (Å²) in [6, 6.07) is 22.7. The van der Waals surface area contributed by atoms with Crippen LogP contribution in [0.25, 0.3) is 6.08 Å². The fourth-order valence-corrected chi connectivity index (χ4v) is 2.51. The molecule has 3 aromatic rings. The van der Waals surface area contributed by atoms with E-state index in [4.69, 9.17) is 11.6 Å². The van der Waals surface area contributed by atoms with Crippen LogP contribution in [0.5, 0.6) is 0 Å². The van der Waals surface area contributed by atoms with Crippen molar-refractivity contribution in [1.29, 1.82) is 0 Å². The highest BCUT2D eigenvalue weighted by Crippen LogP contribution is 2.16. The van der Waals surface area contributed by atoms with Crippen LogP contribution < -0.4 is 4.90 Å². The van der Waals surface area contributed by atoms with E-state index in [0.717, 1.165) is 11.1 Å². The molecule has 4 heteroatoms. The standard InChI is InChI=1S/C21H17ClN2O/c22-19-12-9-17(10-13-19)11-14-21(25)24(20-8-4-5-15-23-20)16-18-6-2-1-3-7-18/h1-15H,16H2/b14-11+. The van der Waals surface area contributed by atoms with Gasteiger partial charge in [-0.25, -0.2) is 4.98 Å². The Kier molecular flexibility index (Phi) is 5.60. The molecular formula is C21H17ClN2O. The van der Waals surface area contributed by atoms with Crippen LogP contribution in [0.15, 0.2) is 85.1 Å². The van der Waals surface area contributed by atoms with Crippen LogP contribution in [0.2, 0.25) is 5.02 Å². The van der Waals surface area contributed by atoms with Gasteiger partial charge in [0.25, 0.3) is 5.91 Å². The predicted octanol–water partition coefficient (Wildman–Crippen LogP) is 4.98. The molecular weight excluding hydrogens is 332 g/mol. The van der Waals surface area contributed by atoms with Crippen LogP contribution in [-0.4, -0.2) is 10.9 Å². The van der Waals surface area contributed by atoms with Gasteiger partial charge in [-0.3, -0.25) is 9.69 Å². The first-order valence-corrected chi connectivity index (χ1v) is 8.30. The molecule has 0 aliphatic heterocycles. The molecule has 2 aromatic carbocycles. The van der Waals surface area contributed by atoms with Crippen LogP contribution in [0.3, 0.4) is 0 Å². The minimum absolute atomic E-state index is 0.127. The van der Waals surface area contributed by atoms with Gasteiger partial charge < -0.3 is 0 Å². The number of hydrogen-bond donors (Lipinski definition) is 0. The maximum atomic E-state index is 12.8. The van der Waals surface area contributed by atoms with E-state index in [1.807, 2.05) is 60.7 Å². The summed E-state index contributed by atoms with van der Waals surface area (Å²) in [4.78, 5) is 18.7. The molecule has 0 aliphatic carbocycles. The van der Waals surface area contributed by atoms with Gasteiger partial charge in [0.05, 0.1) is 6.54 Å². The highest BCUT2D eigenvalue weighted by Gasteiger charge is 2.14. The highest BCUT2D eigenvalue weighted by atomic mass is 35.5. The largest absolute Gasteiger partial charge is 0.289 e. The van der Waals surface area contributed by atoms with E-state index in [1.54, 1.807) is 35.4 Å². The van der Waals surface area contributed by atoms with Gasteiger partial charge in [0, 0.05) is 17.3 Å². The Morgan fingerprint density at radius 1 is 0.960 bits per heavy atom. The molecule has 0 aliphatic rings. The Labute approximate surface area is 152 Å². The highest BCUT2D eigenvalue weighted by molar-refractivity contribution is 6.30. The van der Waals surface area contributed by atoms with Crippen LogP contribution >= 0.6 is 11.6 Å². The number of pyridine rings is 1. The average molecular weight is 349 g/mol. The molecule has 0 radical (unpaired) electrons. The quantitative estimate of drug-likeness (QED) is 0.609. The predicted molar refractivity (Wildman–Crippen MR) is 102 cm³/mol. The molecule has 124 valence electrons. The number of carbonyl (C=O) groups is 1. The van der Waals surface area contributed by atoms with Gasteiger partial charge in [-0.1, -0.05) is 60.1 Å². The molecule has 3 nitrogen and oxygen atoms in total. The minimum atomic E-state index is -0.127. The lowest BCUT2D eigenvalue weighted by molar-refractivity contribution is -0.114. The number of aromatic nitrogens is 1. The second-order valence-corrected chi connectivity index (χ2v) is 5.92. The van der Waals surface area contributed by atoms with E-state index < -0.39 is 0 Å². The molecule has 0 bridgehead atoms. The first kappa shape index (κ1) is 16.9. The van der Waals surface area contributed by atoms with E-state index in [0.29, 0.717) is 17.4 Å². The topological polar surface area (TPSA) is 33.2 Å². The number of halogens is 1. The number of benzene rings is 2. The molecule has 1 aromatic heterocycles. The molecule has 0 N–H and O–H groups in total. The molecule has 3 rings (SSSR count). The molecule has 0 spiro atoms. The van der Waals surface area contributed by atoms with Crippen LogP contribution in [-0.2, 0) is 11.3 Å². The van der Waals surface area contributed by atoms with Crippen molar-refractivity contribution >= 4 is 29.4 Å². The van der Waals surface area contributed by atoms with Crippen molar-refractivity contribution < 1.29 is 4.79 Å². The molecule has 0 saturated carbocycles. The summed E-state index contributed by atoms with van der Waals surface area (Å²) in [6.07, 6.45) is 5.02. The zero-order chi connectivity index (χ0) is 17.5. The van der Waals surface area contributed by atoms with Gasteiger partial charge in [-0.05, 0) is 41.5 Å². The van der Waals surface area contributed by atoms with Gasteiger partial charge in [0.15, 0.2) is 0 Å². The Bertz CT molecular complexity index is 846. The summed E-state index contributed by atoms with van der Waals surface area (Å²) >= 11 is 5.89. The van der Waals surface area contributed by atoms with Crippen molar-refractivity contribution in [3.05, 3.63) is 101 Å². The van der Waals surface area contributed by atoms with Crippen LogP contribution in [0.4, 0.5) is 5.82 Å². The van der Waals surface area contributed by atoms with E-state index in [1.165, 1.54) is 0 Å². The van der Waals surface area contributed by atoms with E-state index >= 15 is 0 Å². The van der Waals surface area contributed by atoms with E-state index in [9.17, 15) is 4.79 Å². The molecule has 0 fully saturated rings. The molecule has 1 heterocycles. The van der Waals surface area contributed by atoms with Gasteiger partial charge in [-0.15, -0.1) is 0 Å². The first-order chi connectivity index (χ1) is 12.2. The zero-order valence-corrected chi connectivity index (χ0v) is 14.3. The molecule has 0 unspecified atom stereocenters. The monoisotopic (exact) mass is 348 g/mol. The summed E-state index contributed by atoms with van der Waals surface area (Å²) < 4.78 is 0. The summed E-state index contributed by atoms with van der Waals surface area (Å²) in [6.45, 7) is 0.460. The third kappa shape index (κ3) is 4.78. The van der Waals surface area contributed by atoms with Gasteiger partial charge in [0.1, 0.15) is 5.82 Å².